The van der Waals surface area contributed by atoms with Crippen LogP contribution in [0.4, 0.5) is 9.59 Å². The molecule has 9 rings (SSSR count). The Bertz CT molecular complexity index is 2810. The number of hydrogen-bond donors (Lipinski definition) is 4. The van der Waals surface area contributed by atoms with Gasteiger partial charge in [0.25, 0.3) is 5.91 Å². The van der Waals surface area contributed by atoms with E-state index in [4.69, 9.17) is 19.4 Å². The van der Waals surface area contributed by atoms with Gasteiger partial charge in [0.05, 0.1) is 49.2 Å². The van der Waals surface area contributed by atoms with E-state index in [-0.39, 0.29) is 29.8 Å². The second kappa shape index (κ2) is 17.0. The number of nitrogens with one attached hydrogen (secondary N) is 4. The van der Waals surface area contributed by atoms with Crippen molar-refractivity contribution < 1.29 is 28.7 Å². The molecule has 318 valence electrons. The summed E-state index contributed by atoms with van der Waals surface area (Å²) in [5.41, 5.74) is 6.39. The van der Waals surface area contributed by atoms with Crippen molar-refractivity contribution in [3.8, 4) is 22.4 Å². The van der Waals surface area contributed by atoms with Crippen molar-refractivity contribution in [3.05, 3.63) is 108 Å². The summed E-state index contributed by atoms with van der Waals surface area (Å²) < 4.78 is 12.0. The van der Waals surface area contributed by atoms with Crippen molar-refractivity contribution in [3.63, 3.8) is 0 Å². The molecule has 7 aromatic rings. The molecule has 2 saturated heterocycles. The van der Waals surface area contributed by atoms with Gasteiger partial charge in [0, 0.05) is 38.8 Å². The highest BCUT2D eigenvalue weighted by atomic mass is 32.1. The van der Waals surface area contributed by atoms with Gasteiger partial charge in [-0.2, -0.15) is 0 Å². The second-order valence-electron chi connectivity index (χ2n) is 16.3. The van der Waals surface area contributed by atoms with E-state index in [1.807, 2.05) is 61.3 Å². The molecular weight excluding hydrogens is 805 g/mol. The number of aromatic nitrogens is 4. The van der Waals surface area contributed by atoms with Crippen molar-refractivity contribution in [2.75, 3.05) is 27.3 Å². The lowest BCUT2D eigenvalue weighted by Gasteiger charge is -2.29. The Balaban J connectivity index is 0.936. The average Bonchev–Trinajstić information content (AvgIpc) is 4.15. The van der Waals surface area contributed by atoms with Crippen LogP contribution in [-0.2, 0) is 19.1 Å². The summed E-state index contributed by atoms with van der Waals surface area (Å²) in [6, 6.07) is 26.4. The van der Waals surface area contributed by atoms with Crippen molar-refractivity contribution >= 4 is 66.5 Å². The molecule has 2 aliphatic heterocycles. The molecule has 4 amide bonds. The van der Waals surface area contributed by atoms with Crippen LogP contribution in [0.5, 0.6) is 0 Å². The first kappa shape index (κ1) is 40.7. The normalized spacial score (nSPS) is 17.5. The number of nitrogens with zero attached hydrogens (tertiary/aromatic N) is 4. The molecule has 14 nitrogen and oxygen atoms in total. The Hall–Kier alpha value is -6.74. The van der Waals surface area contributed by atoms with Crippen molar-refractivity contribution in [2.45, 2.75) is 63.7 Å². The van der Waals surface area contributed by atoms with Gasteiger partial charge in [0.2, 0.25) is 5.91 Å². The Kier molecular flexibility index (Phi) is 11.1. The van der Waals surface area contributed by atoms with Gasteiger partial charge in [-0.25, -0.2) is 19.6 Å². The number of hydrogen-bond acceptors (Lipinski definition) is 9. The van der Waals surface area contributed by atoms with Crippen LogP contribution in [0.2, 0.25) is 0 Å². The maximum absolute atomic E-state index is 14.0. The lowest BCUT2D eigenvalue weighted by molar-refractivity contribution is -0.135. The Morgan fingerprint density at radius 3 is 2.03 bits per heavy atom. The molecule has 15 heteroatoms. The molecule has 4 N–H and O–H groups in total. The number of alkyl carbamates (subject to hydrolysis) is 2. The predicted molar refractivity (Wildman–Crippen MR) is 238 cm³/mol. The summed E-state index contributed by atoms with van der Waals surface area (Å²) in [6.07, 6.45) is 3.73. The van der Waals surface area contributed by atoms with Gasteiger partial charge in [0.1, 0.15) is 23.7 Å². The van der Waals surface area contributed by atoms with E-state index in [2.05, 4.69) is 69.1 Å². The minimum Gasteiger partial charge on any atom is -0.453 e. The minimum absolute atomic E-state index is 0.112. The average molecular weight is 853 g/mol. The van der Waals surface area contributed by atoms with Crippen molar-refractivity contribution in [2.24, 2.45) is 5.92 Å². The summed E-state index contributed by atoms with van der Waals surface area (Å²) >= 11 is 1.74. The molecule has 0 bridgehead atoms. The van der Waals surface area contributed by atoms with Gasteiger partial charge >= 0.3 is 12.2 Å². The number of ether oxygens (including phenoxy) is 2. The number of carbonyl (C=O) groups excluding carboxylic acids is 4. The lowest BCUT2D eigenvalue weighted by atomic mass is 10.0. The maximum atomic E-state index is 14.0. The molecule has 0 aliphatic carbocycles. The van der Waals surface area contributed by atoms with Crippen LogP contribution in [-0.4, -0.2) is 87.1 Å². The third-order valence-corrected chi connectivity index (χ3v) is 13.3. The Labute approximate surface area is 362 Å². The quantitative estimate of drug-likeness (QED) is 0.106. The van der Waals surface area contributed by atoms with E-state index in [0.29, 0.717) is 24.5 Å². The summed E-state index contributed by atoms with van der Waals surface area (Å²) in [4.78, 5) is 72.4. The van der Waals surface area contributed by atoms with E-state index >= 15 is 0 Å². The largest absolute Gasteiger partial charge is 0.453 e. The number of benzene rings is 4. The summed E-state index contributed by atoms with van der Waals surface area (Å²) in [5.74, 6) is 0.987. The molecule has 0 radical (unpaired) electrons. The first-order valence-corrected chi connectivity index (χ1v) is 21.8. The monoisotopic (exact) mass is 852 g/mol. The van der Waals surface area contributed by atoms with Crippen LogP contribution in [0.25, 0.3) is 53.6 Å². The molecule has 3 aromatic heterocycles. The zero-order valence-corrected chi connectivity index (χ0v) is 35.8. The number of thiophene rings is 1. The maximum Gasteiger partial charge on any atom is 0.407 e. The third-order valence-electron chi connectivity index (χ3n) is 12.1. The number of methoxy groups -OCH3 is 2. The molecule has 5 heterocycles. The number of fused-ring (bicyclic) bond motifs is 4. The molecular formula is C47H48N8O6S. The molecule has 2 aliphatic rings. The van der Waals surface area contributed by atoms with E-state index < -0.39 is 24.3 Å². The van der Waals surface area contributed by atoms with Gasteiger partial charge < -0.3 is 39.9 Å². The molecule has 4 aromatic carbocycles. The highest BCUT2D eigenvalue weighted by Gasteiger charge is 2.39. The van der Waals surface area contributed by atoms with Gasteiger partial charge in [-0.15, -0.1) is 11.3 Å². The molecule has 2 fully saturated rings. The standard InChI is InChI=1S/C47H48N8O6S/c1-26(2)40(52-46(58)60-3)44(56)55-21-9-13-37(55)43-49-33-19-16-28(22-34(33)50-43)29-14-17-31-32-18-15-30(24-39(32)62-38(31)23-29)35-25-48-42(51-35)36-12-8-20-54(36)45(57)41(53-47(59)61-4)27-10-6-5-7-11-27/h5-7,10-11,14-19,22-26,36-37,40-41H,8-9,12-13,20-21H2,1-4H3,(H,48,51)(H,49,50)(H,52,58)(H,53,59)/t36-,37-,40-,41+/m0/s1. The number of imidazole rings is 2. The highest BCUT2D eigenvalue weighted by Crippen LogP contribution is 2.40. The SMILES string of the molecule is COC(=O)N[C@H](C(=O)N1CCC[C@H]1c1nc2ccc(-c3ccc4c(c3)sc3cc(-c5cnc([C@@H]6CCCN6C(=O)[C@H](NC(=O)OC)c6ccccc6)[nH]5)ccc34)cc2[nH]1)C(C)C. The Morgan fingerprint density at radius 1 is 0.726 bits per heavy atom. The number of amides is 4. The fourth-order valence-electron chi connectivity index (χ4n) is 8.93. The van der Waals surface area contributed by atoms with Crippen molar-refractivity contribution in [1.29, 1.82) is 0 Å². The number of rotatable bonds is 10. The molecule has 0 spiro atoms. The fourth-order valence-corrected chi connectivity index (χ4v) is 10.1. The number of H-pyrrole nitrogens is 2. The van der Waals surface area contributed by atoms with Crippen molar-refractivity contribution in [1.82, 2.24) is 40.4 Å². The van der Waals surface area contributed by atoms with E-state index in [1.165, 1.54) is 29.7 Å². The van der Waals surface area contributed by atoms with Crippen LogP contribution in [0.3, 0.4) is 0 Å². The first-order chi connectivity index (χ1) is 30.1. The third kappa shape index (κ3) is 7.72. The van der Waals surface area contributed by atoms with Crippen LogP contribution < -0.4 is 10.6 Å². The van der Waals surface area contributed by atoms with Crippen LogP contribution in [0.15, 0.2) is 91.1 Å². The van der Waals surface area contributed by atoms with E-state index in [9.17, 15) is 19.2 Å². The van der Waals surface area contributed by atoms with Gasteiger partial charge in [-0.05, 0) is 72.6 Å². The smallest absolute Gasteiger partial charge is 0.407 e. The van der Waals surface area contributed by atoms with E-state index in [0.717, 1.165) is 69.6 Å². The molecule has 4 atom stereocenters. The highest BCUT2D eigenvalue weighted by molar-refractivity contribution is 7.25. The van der Waals surface area contributed by atoms with Crippen LogP contribution in [0.1, 0.15) is 74.9 Å². The summed E-state index contributed by atoms with van der Waals surface area (Å²) in [5, 5.41) is 7.79. The zero-order valence-electron chi connectivity index (χ0n) is 34.9. The topological polar surface area (TPSA) is 175 Å². The molecule has 0 saturated carbocycles. The van der Waals surface area contributed by atoms with Crippen LogP contribution >= 0.6 is 11.3 Å². The fraction of sp³-hybridized carbons (Fsp3) is 0.319. The van der Waals surface area contributed by atoms with Gasteiger partial charge in [0.15, 0.2) is 0 Å². The minimum atomic E-state index is -0.884. The number of likely N-dealkylation sites (tertiary alicyclic amines) is 2. The zero-order chi connectivity index (χ0) is 43.1. The molecule has 0 unspecified atom stereocenters. The number of aromatic amines is 2. The predicted octanol–water partition coefficient (Wildman–Crippen LogP) is 8.79. The second-order valence-corrected chi connectivity index (χ2v) is 17.4. The van der Waals surface area contributed by atoms with Gasteiger partial charge in [-0.3, -0.25) is 9.59 Å². The lowest BCUT2D eigenvalue weighted by Crippen LogP contribution is -2.51. The first-order valence-electron chi connectivity index (χ1n) is 21.0. The molecule has 62 heavy (non-hydrogen) atoms. The van der Waals surface area contributed by atoms with Gasteiger partial charge in [-0.1, -0.05) is 74.5 Å². The Morgan fingerprint density at radius 2 is 1.34 bits per heavy atom. The summed E-state index contributed by atoms with van der Waals surface area (Å²) in [7, 11) is 2.58. The van der Waals surface area contributed by atoms with E-state index in [1.54, 1.807) is 16.2 Å². The van der Waals surface area contributed by atoms with Crippen LogP contribution in [0, 0.1) is 5.92 Å². The number of carbonyl (C=O) groups is 4. The summed E-state index contributed by atoms with van der Waals surface area (Å²) in [6.45, 7) is 4.96.